The van der Waals surface area contributed by atoms with Crippen LogP contribution >= 0.6 is 27.5 Å². The molecule has 0 spiro atoms. The van der Waals surface area contributed by atoms with Crippen LogP contribution in [0.1, 0.15) is 34.8 Å². The third-order valence-electron chi connectivity index (χ3n) is 3.16. The average Bonchev–Trinajstić information content (AvgIpc) is 2.59. The fourth-order valence-electron chi connectivity index (χ4n) is 2.27. The first kappa shape index (κ1) is 14.5. The molecule has 0 aliphatic carbocycles. The summed E-state index contributed by atoms with van der Waals surface area (Å²) in [6.45, 7) is 6.21. The van der Waals surface area contributed by atoms with Gasteiger partial charge < -0.3 is 0 Å². The largest absolute Gasteiger partial charge is 0.265 e. The molecular weight excluding hydrogens is 331 g/mol. The number of alkyl halides is 1. The minimum absolute atomic E-state index is 0.0962. The van der Waals surface area contributed by atoms with Crippen molar-refractivity contribution in [3.63, 3.8) is 0 Å². The zero-order chi connectivity index (χ0) is 14.2. The minimum atomic E-state index is -0.226. The van der Waals surface area contributed by atoms with Crippen LogP contribution in [0.15, 0.2) is 22.7 Å². The molecule has 1 aromatic carbocycles. The summed E-state index contributed by atoms with van der Waals surface area (Å²) in [7, 11) is 0. The molecule has 1 atom stereocenters. The smallest absolute Gasteiger partial charge is 0.128 e. The van der Waals surface area contributed by atoms with Gasteiger partial charge in [-0.15, -0.1) is 11.6 Å². The molecule has 2 nitrogen and oxygen atoms in total. The van der Waals surface area contributed by atoms with Gasteiger partial charge in [0.05, 0.1) is 17.6 Å². The molecule has 0 saturated carbocycles. The van der Waals surface area contributed by atoms with Crippen LogP contribution in [-0.2, 0) is 6.54 Å². The maximum atomic E-state index is 13.8. The summed E-state index contributed by atoms with van der Waals surface area (Å²) in [5.41, 5.74) is 3.51. The van der Waals surface area contributed by atoms with E-state index in [-0.39, 0.29) is 11.2 Å². The van der Waals surface area contributed by atoms with E-state index in [9.17, 15) is 4.39 Å². The minimum Gasteiger partial charge on any atom is -0.265 e. The van der Waals surface area contributed by atoms with E-state index in [1.165, 1.54) is 6.07 Å². The van der Waals surface area contributed by atoms with Gasteiger partial charge in [0.1, 0.15) is 5.82 Å². The van der Waals surface area contributed by atoms with Gasteiger partial charge in [0.25, 0.3) is 0 Å². The molecule has 0 radical (unpaired) electrons. The molecular formula is C14H15BrClFN2. The normalized spacial score (nSPS) is 12.7. The zero-order valence-corrected chi connectivity index (χ0v) is 13.4. The van der Waals surface area contributed by atoms with Gasteiger partial charge in [-0.2, -0.15) is 5.10 Å². The van der Waals surface area contributed by atoms with Crippen molar-refractivity contribution in [2.45, 2.75) is 32.7 Å². The van der Waals surface area contributed by atoms with Gasteiger partial charge in [-0.05, 0) is 39.0 Å². The molecule has 0 bridgehead atoms. The van der Waals surface area contributed by atoms with Gasteiger partial charge in [0.15, 0.2) is 0 Å². The van der Waals surface area contributed by atoms with E-state index >= 15 is 0 Å². The van der Waals surface area contributed by atoms with Crippen LogP contribution in [-0.4, -0.2) is 9.78 Å². The Bertz CT molecular complexity index is 608. The first-order valence-corrected chi connectivity index (χ1v) is 7.25. The van der Waals surface area contributed by atoms with E-state index in [1.54, 1.807) is 16.8 Å². The molecule has 1 heterocycles. The van der Waals surface area contributed by atoms with Crippen molar-refractivity contribution in [2.75, 3.05) is 0 Å². The van der Waals surface area contributed by atoms with Crippen LogP contribution < -0.4 is 0 Å². The lowest BCUT2D eigenvalue weighted by molar-refractivity contribution is 0.578. The third kappa shape index (κ3) is 3.00. The Balaban J connectivity index is 2.39. The topological polar surface area (TPSA) is 17.8 Å². The van der Waals surface area contributed by atoms with E-state index < -0.39 is 0 Å². The van der Waals surface area contributed by atoms with Crippen molar-refractivity contribution in [1.29, 1.82) is 0 Å². The standard InChI is InChI=1S/C14H15BrClFN2/c1-8(16)14-9(2)18-19(10(14)3)7-11-6-12(15)4-5-13(11)17/h4-6,8H,7H2,1-3H3. The highest BCUT2D eigenvalue weighted by Crippen LogP contribution is 2.27. The molecule has 0 aliphatic heterocycles. The van der Waals surface area contributed by atoms with Gasteiger partial charge >= 0.3 is 0 Å². The van der Waals surface area contributed by atoms with Gasteiger partial charge in [-0.25, -0.2) is 4.39 Å². The Kier molecular flexibility index (Phi) is 4.31. The van der Waals surface area contributed by atoms with Crippen molar-refractivity contribution in [1.82, 2.24) is 9.78 Å². The van der Waals surface area contributed by atoms with Crippen molar-refractivity contribution >= 4 is 27.5 Å². The monoisotopic (exact) mass is 344 g/mol. The number of rotatable bonds is 3. The van der Waals surface area contributed by atoms with E-state index in [4.69, 9.17) is 11.6 Å². The number of hydrogen-bond donors (Lipinski definition) is 0. The highest BCUT2D eigenvalue weighted by Gasteiger charge is 2.16. The number of benzene rings is 1. The summed E-state index contributed by atoms with van der Waals surface area (Å²) < 4.78 is 16.4. The van der Waals surface area contributed by atoms with E-state index in [0.29, 0.717) is 12.1 Å². The summed E-state index contributed by atoms with van der Waals surface area (Å²) in [5, 5.41) is 4.35. The molecule has 2 aromatic rings. The average molecular weight is 346 g/mol. The molecule has 1 aromatic heterocycles. The quantitative estimate of drug-likeness (QED) is 0.734. The molecule has 19 heavy (non-hydrogen) atoms. The highest BCUT2D eigenvalue weighted by atomic mass is 79.9. The summed E-state index contributed by atoms with van der Waals surface area (Å²) >= 11 is 9.51. The molecule has 0 amide bonds. The second-order valence-corrected chi connectivity index (χ2v) is 6.16. The second-order valence-electron chi connectivity index (χ2n) is 4.59. The lowest BCUT2D eigenvalue weighted by Gasteiger charge is -2.08. The first-order chi connectivity index (χ1) is 8.90. The van der Waals surface area contributed by atoms with Crippen LogP contribution in [0.2, 0.25) is 0 Å². The predicted octanol–water partition coefficient (Wildman–Crippen LogP) is 4.75. The Morgan fingerprint density at radius 1 is 1.42 bits per heavy atom. The first-order valence-electron chi connectivity index (χ1n) is 6.02. The van der Waals surface area contributed by atoms with Gasteiger partial charge in [0, 0.05) is 21.3 Å². The predicted molar refractivity (Wildman–Crippen MR) is 79.2 cm³/mol. The number of hydrogen-bond acceptors (Lipinski definition) is 1. The molecule has 0 aliphatic rings. The van der Waals surface area contributed by atoms with Crippen LogP contribution in [0.5, 0.6) is 0 Å². The highest BCUT2D eigenvalue weighted by molar-refractivity contribution is 9.10. The Hall–Kier alpha value is -0.870. The Morgan fingerprint density at radius 3 is 2.68 bits per heavy atom. The van der Waals surface area contributed by atoms with Crippen molar-refractivity contribution in [3.05, 3.63) is 51.0 Å². The molecule has 0 fully saturated rings. The molecule has 0 saturated heterocycles. The summed E-state index contributed by atoms with van der Waals surface area (Å²) in [6, 6.07) is 4.91. The van der Waals surface area contributed by atoms with E-state index in [1.807, 2.05) is 20.8 Å². The Morgan fingerprint density at radius 2 is 2.11 bits per heavy atom. The summed E-state index contributed by atoms with van der Waals surface area (Å²) in [6.07, 6.45) is 0. The van der Waals surface area contributed by atoms with Crippen LogP contribution in [0, 0.1) is 19.7 Å². The van der Waals surface area contributed by atoms with Crippen LogP contribution in [0.25, 0.3) is 0 Å². The van der Waals surface area contributed by atoms with Gasteiger partial charge in [-0.1, -0.05) is 15.9 Å². The maximum Gasteiger partial charge on any atom is 0.128 e. The van der Waals surface area contributed by atoms with Crippen LogP contribution in [0.4, 0.5) is 4.39 Å². The van der Waals surface area contributed by atoms with Crippen molar-refractivity contribution in [2.24, 2.45) is 0 Å². The molecule has 102 valence electrons. The molecule has 0 N–H and O–H groups in total. The van der Waals surface area contributed by atoms with Crippen LogP contribution in [0.3, 0.4) is 0 Å². The lowest BCUT2D eigenvalue weighted by Crippen LogP contribution is -2.06. The van der Waals surface area contributed by atoms with Gasteiger partial charge in [0.2, 0.25) is 0 Å². The third-order valence-corrected chi connectivity index (χ3v) is 3.87. The second kappa shape index (κ2) is 5.63. The number of nitrogens with zero attached hydrogens (tertiary/aromatic N) is 2. The summed E-state index contributed by atoms with van der Waals surface area (Å²) in [5.74, 6) is -0.226. The van der Waals surface area contributed by atoms with E-state index in [2.05, 4.69) is 21.0 Å². The fourth-order valence-corrected chi connectivity index (χ4v) is 2.99. The van der Waals surface area contributed by atoms with Crippen molar-refractivity contribution in [3.8, 4) is 0 Å². The van der Waals surface area contributed by atoms with Gasteiger partial charge in [-0.3, -0.25) is 4.68 Å². The molecule has 2 rings (SSSR count). The zero-order valence-electron chi connectivity index (χ0n) is 11.0. The Labute approximate surface area is 125 Å². The number of aromatic nitrogens is 2. The summed E-state index contributed by atoms with van der Waals surface area (Å²) in [4.78, 5) is 0. The SMILES string of the molecule is Cc1nn(Cc2cc(Br)ccc2F)c(C)c1C(C)Cl. The maximum absolute atomic E-state index is 13.8. The van der Waals surface area contributed by atoms with Crippen molar-refractivity contribution < 1.29 is 4.39 Å². The lowest BCUT2D eigenvalue weighted by atomic mass is 10.1. The number of halogens is 3. The van der Waals surface area contributed by atoms with E-state index in [0.717, 1.165) is 21.4 Å². The molecule has 5 heteroatoms. The number of aryl methyl sites for hydroxylation is 1. The molecule has 1 unspecified atom stereocenters. The fraction of sp³-hybridized carbons (Fsp3) is 0.357.